The third-order valence-electron chi connectivity index (χ3n) is 4.02. The van der Waals surface area contributed by atoms with E-state index in [1.165, 1.54) is 6.07 Å². The van der Waals surface area contributed by atoms with Crippen molar-refractivity contribution >= 4 is 0 Å². The van der Waals surface area contributed by atoms with Crippen LogP contribution in [0.5, 0.6) is 0 Å². The second-order valence-corrected chi connectivity index (χ2v) is 5.83. The maximum Gasteiger partial charge on any atom is 0.128 e. The van der Waals surface area contributed by atoms with Crippen molar-refractivity contribution in [1.82, 2.24) is 9.78 Å². The van der Waals surface area contributed by atoms with Gasteiger partial charge in [0.1, 0.15) is 5.82 Å². The molecule has 4 heteroatoms. The summed E-state index contributed by atoms with van der Waals surface area (Å²) in [6.45, 7) is 6.16. The predicted octanol–water partition coefficient (Wildman–Crippen LogP) is 3.80. The Morgan fingerprint density at radius 1 is 1.24 bits per heavy atom. The topological polar surface area (TPSA) is 43.8 Å². The van der Waals surface area contributed by atoms with Gasteiger partial charge in [0, 0.05) is 23.7 Å². The van der Waals surface area contributed by atoms with Crippen LogP contribution in [0.25, 0.3) is 0 Å². The summed E-state index contributed by atoms with van der Waals surface area (Å²) in [6, 6.07) is 9.07. The van der Waals surface area contributed by atoms with E-state index in [9.17, 15) is 4.39 Å². The average molecular weight is 289 g/mol. The molecule has 0 amide bonds. The highest BCUT2D eigenvalue weighted by Gasteiger charge is 2.26. The van der Waals surface area contributed by atoms with E-state index in [4.69, 9.17) is 5.73 Å². The molecule has 1 aromatic heterocycles. The number of halogens is 1. The van der Waals surface area contributed by atoms with Crippen LogP contribution in [0.15, 0.2) is 36.5 Å². The molecule has 0 aliphatic heterocycles. The van der Waals surface area contributed by atoms with Gasteiger partial charge in [-0.2, -0.15) is 5.10 Å². The zero-order valence-corrected chi connectivity index (χ0v) is 13.0. The molecule has 2 N–H and O–H groups in total. The van der Waals surface area contributed by atoms with Crippen molar-refractivity contribution in [1.29, 1.82) is 0 Å². The molecule has 0 saturated heterocycles. The number of nitrogens with zero attached hydrogens (tertiary/aromatic N) is 2. The van der Waals surface area contributed by atoms with Crippen molar-refractivity contribution in [2.45, 2.75) is 51.6 Å². The Bertz CT molecular complexity index is 585. The average Bonchev–Trinajstić information content (AvgIpc) is 2.88. The van der Waals surface area contributed by atoms with Gasteiger partial charge < -0.3 is 5.73 Å². The highest BCUT2D eigenvalue weighted by molar-refractivity contribution is 5.27. The van der Waals surface area contributed by atoms with Crippen molar-refractivity contribution in [3.63, 3.8) is 0 Å². The van der Waals surface area contributed by atoms with E-state index in [2.05, 4.69) is 18.9 Å². The highest BCUT2D eigenvalue weighted by Crippen LogP contribution is 2.25. The summed E-state index contributed by atoms with van der Waals surface area (Å²) in [6.07, 6.45) is 4.60. The summed E-state index contributed by atoms with van der Waals surface area (Å²) in [4.78, 5) is 0. The third kappa shape index (κ3) is 3.50. The first kappa shape index (κ1) is 15.7. The first-order valence-corrected chi connectivity index (χ1v) is 7.55. The molecule has 0 fully saturated rings. The second kappa shape index (κ2) is 6.39. The van der Waals surface area contributed by atoms with Crippen molar-refractivity contribution in [3.05, 3.63) is 53.6 Å². The predicted molar refractivity (Wildman–Crippen MR) is 83.5 cm³/mol. The summed E-state index contributed by atoms with van der Waals surface area (Å²) >= 11 is 0. The molecule has 2 rings (SSSR count). The fraction of sp³-hybridized carbons (Fsp3) is 0.471. The minimum atomic E-state index is -0.765. The number of nitrogens with two attached hydrogens (primary N) is 1. The maximum absolute atomic E-state index is 13.9. The minimum absolute atomic E-state index is 0.262. The van der Waals surface area contributed by atoms with Crippen LogP contribution in [0.3, 0.4) is 0 Å². The van der Waals surface area contributed by atoms with Crippen molar-refractivity contribution in [2.24, 2.45) is 5.73 Å². The molecule has 0 aliphatic rings. The van der Waals surface area contributed by atoms with Gasteiger partial charge >= 0.3 is 0 Å². The molecule has 21 heavy (non-hydrogen) atoms. The summed E-state index contributed by atoms with van der Waals surface area (Å²) in [5, 5.41) is 4.61. The van der Waals surface area contributed by atoms with Crippen LogP contribution in [0.4, 0.5) is 4.39 Å². The van der Waals surface area contributed by atoms with Gasteiger partial charge in [-0.25, -0.2) is 4.39 Å². The van der Waals surface area contributed by atoms with Gasteiger partial charge in [0.25, 0.3) is 0 Å². The number of benzene rings is 1. The molecule has 3 nitrogen and oxygen atoms in total. The van der Waals surface area contributed by atoms with Crippen LogP contribution in [-0.2, 0) is 12.0 Å². The minimum Gasteiger partial charge on any atom is -0.321 e. The molecule has 2 aromatic rings. The highest BCUT2D eigenvalue weighted by atomic mass is 19.1. The first-order chi connectivity index (χ1) is 9.97. The lowest BCUT2D eigenvalue weighted by molar-refractivity contribution is 0.413. The Labute approximate surface area is 126 Å². The van der Waals surface area contributed by atoms with E-state index >= 15 is 0 Å². The van der Waals surface area contributed by atoms with Crippen LogP contribution in [-0.4, -0.2) is 9.78 Å². The van der Waals surface area contributed by atoms with Crippen molar-refractivity contribution in [3.8, 4) is 0 Å². The monoisotopic (exact) mass is 289 g/mol. The van der Waals surface area contributed by atoms with Crippen molar-refractivity contribution < 1.29 is 4.39 Å². The molecular weight excluding hydrogens is 265 g/mol. The normalized spacial score (nSPS) is 14.4. The number of hydrogen-bond acceptors (Lipinski definition) is 2. The molecule has 1 atom stereocenters. The summed E-state index contributed by atoms with van der Waals surface area (Å²) in [5.74, 6) is -0.262. The SMILES string of the molecule is CCC(CC)n1ccc(CC(C)(N)c2ccccc2F)n1. The second-order valence-electron chi connectivity index (χ2n) is 5.83. The van der Waals surface area contributed by atoms with Gasteiger partial charge in [0.2, 0.25) is 0 Å². The van der Waals surface area contributed by atoms with Crippen LogP contribution in [0, 0.1) is 5.82 Å². The lowest BCUT2D eigenvalue weighted by atomic mass is 9.88. The molecule has 1 heterocycles. The molecule has 1 aromatic carbocycles. The number of rotatable bonds is 6. The van der Waals surface area contributed by atoms with Gasteiger partial charge in [-0.3, -0.25) is 4.68 Å². The van der Waals surface area contributed by atoms with E-state index in [0.29, 0.717) is 18.0 Å². The Hall–Kier alpha value is -1.68. The fourth-order valence-electron chi connectivity index (χ4n) is 2.73. The zero-order chi connectivity index (χ0) is 15.5. The van der Waals surface area contributed by atoms with Crippen LogP contribution >= 0.6 is 0 Å². The standard InChI is InChI=1S/C17H24FN3/c1-4-14(5-2)21-11-10-13(20-21)12-17(3,19)15-8-6-7-9-16(15)18/h6-11,14H,4-5,12,19H2,1-3H3. The van der Waals surface area contributed by atoms with Gasteiger partial charge in [-0.1, -0.05) is 32.0 Å². The first-order valence-electron chi connectivity index (χ1n) is 7.55. The zero-order valence-electron chi connectivity index (χ0n) is 13.0. The molecular formula is C17H24FN3. The summed E-state index contributed by atoms with van der Waals surface area (Å²) in [5.41, 5.74) is 6.99. The van der Waals surface area contributed by atoms with Gasteiger partial charge in [-0.05, 0) is 31.9 Å². The molecule has 0 spiro atoms. The number of aromatic nitrogens is 2. The van der Waals surface area contributed by atoms with Crippen LogP contribution in [0.1, 0.15) is 50.9 Å². The summed E-state index contributed by atoms with van der Waals surface area (Å²) < 4.78 is 15.9. The smallest absolute Gasteiger partial charge is 0.128 e. The van der Waals surface area contributed by atoms with E-state index in [-0.39, 0.29) is 5.82 Å². The molecule has 0 saturated carbocycles. The van der Waals surface area contributed by atoms with Crippen LogP contribution in [0.2, 0.25) is 0 Å². The Morgan fingerprint density at radius 3 is 2.52 bits per heavy atom. The van der Waals surface area contributed by atoms with E-state index in [1.54, 1.807) is 12.1 Å². The molecule has 0 bridgehead atoms. The molecule has 0 radical (unpaired) electrons. The Balaban J connectivity index is 2.19. The third-order valence-corrected chi connectivity index (χ3v) is 4.02. The largest absolute Gasteiger partial charge is 0.321 e. The number of hydrogen-bond donors (Lipinski definition) is 1. The molecule has 0 aliphatic carbocycles. The quantitative estimate of drug-likeness (QED) is 0.879. The van der Waals surface area contributed by atoms with Gasteiger partial charge in [-0.15, -0.1) is 0 Å². The van der Waals surface area contributed by atoms with Crippen LogP contribution < -0.4 is 5.73 Å². The Morgan fingerprint density at radius 2 is 1.90 bits per heavy atom. The summed E-state index contributed by atoms with van der Waals surface area (Å²) in [7, 11) is 0. The lowest BCUT2D eigenvalue weighted by Gasteiger charge is -2.24. The fourth-order valence-corrected chi connectivity index (χ4v) is 2.73. The van der Waals surface area contributed by atoms with Gasteiger partial charge in [0.15, 0.2) is 0 Å². The van der Waals surface area contributed by atoms with E-state index in [0.717, 1.165) is 18.5 Å². The lowest BCUT2D eigenvalue weighted by Crippen LogP contribution is -2.36. The maximum atomic E-state index is 13.9. The Kier molecular flexibility index (Phi) is 4.78. The molecule has 114 valence electrons. The van der Waals surface area contributed by atoms with Crippen molar-refractivity contribution in [2.75, 3.05) is 0 Å². The molecule has 1 unspecified atom stereocenters. The van der Waals surface area contributed by atoms with E-state index in [1.807, 2.05) is 29.9 Å². The van der Waals surface area contributed by atoms with E-state index < -0.39 is 5.54 Å². The van der Waals surface area contributed by atoms with Gasteiger partial charge in [0.05, 0.1) is 11.7 Å².